The summed E-state index contributed by atoms with van der Waals surface area (Å²) in [5, 5.41) is 10.4. The number of fused-ring (bicyclic) bond motifs is 3. The van der Waals surface area contributed by atoms with Crippen molar-refractivity contribution >= 4 is 33.5 Å². The second-order valence-corrected chi connectivity index (χ2v) is 6.03. The van der Waals surface area contributed by atoms with Gasteiger partial charge in [0.2, 0.25) is 5.91 Å². The highest BCUT2D eigenvalue weighted by Gasteiger charge is 2.14. The number of aromatic nitrogens is 5. The fourth-order valence-corrected chi connectivity index (χ4v) is 2.74. The summed E-state index contributed by atoms with van der Waals surface area (Å²) < 4.78 is 3.36. The van der Waals surface area contributed by atoms with Crippen LogP contribution in [0.1, 0.15) is 0 Å². The minimum atomic E-state index is -0.0374. The summed E-state index contributed by atoms with van der Waals surface area (Å²) in [6, 6.07) is 7.68. The summed E-state index contributed by atoms with van der Waals surface area (Å²) in [7, 11) is 3.43. The van der Waals surface area contributed by atoms with Crippen LogP contribution >= 0.6 is 0 Å². The zero-order chi connectivity index (χ0) is 17.6. The number of nitrogens with two attached hydrogens (primary N) is 1. The Morgan fingerprint density at radius 2 is 2.12 bits per heavy atom. The number of hydrogen-bond donors (Lipinski definition) is 1. The van der Waals surface area contributed by atoms with Crippen LogP contribution in [-0.4, -0.2) is 49.4 Å². The van der Waals surface area contributed by atoms with Gasteiger partial charge in [-0.3, -0.25) is 9.48 Å². The van der Waals surface area contributed by atoms with Crippen molar-refractivity contribution < 1.29 is 4.79 Å². The molecule has 1 amide bonds. The first-order valence-corrected chi connectivity index (χ1v) is 7.79. The lowest BCUT2D eigenvalue weighted by Gasteiger charge is -2.09. The fraction of sp³-hybridized carbons (Fsp3) is 0.176. The molecular weight excluding hydrogens is 318 g/mol. The van der Waals surface area contributed by atoms with Crippen molar-refractivity contribution in [3.8, 4) is 5.69 Å². The van der Waals surface area contributed by atoms with Crippen LogP contribution in [-0.2, 0) is 11.3 Å². The molecule has 126 valence electrons. The van der Waals surface area contributed by atoms with E-state index in [1.54, 1.807) is 35.9 Å². The van der Waals surface area contributed by atoms with Crippen LogP contribution in [0.3, 0.4) is 0 Å². The lowest BCUT2D eigenvalue weighted by molar-refractivity contribution is -0.129. The second-order valence-electron chi connectivity index (χ2n) is 6.03. The van der Waals surface area contributed by atoms with Crippen molar-refractivity contribution in [3.05, 3.63) is 42.9 Å². The Morgan fingerprint density at radius 1 is 1.28 bits per heavy atom. The Hall–Kier alpha value is -3.42. The first-order valence-electron chi connectivity index (χ1n) is 7.79. The molecule has 4 rings (SSSR count). The molecular formula is C17H17N7O. The van der Waals surface area contributed by atoms with Crippen molar-refractivity contribution in [1.82, 2.24) is 29.4 Å². The summed E-state index contributed by atoms with van der Waals surface area (Å²) in [6.07, 6.45) is 5.35. The monoisotopic (exact) mass is 335 g/mol. The highest BCUT2D eigenvalue weighted by Crippen LogP contribution is 2.28. The quantitative estimate of drug-likeness (QED) is 0.611. The molecule has 0 aliphatic carbocycles. The number of rotatable bonds is 3. The van der Waals surface area contributed by atoms with Gasteiger partial charge in [-0.1, -0.05) is 0 Å². The van der Waals surface area contributed by atoms with Crippen molar-refractivity contribution in [2.75, 3.05) is 19.8 Å². The van der Waals surface area contributed by atoms with E-state index in [1.165, 1.54) is 4.90 Å². The van der Waals surface area contributed by atoms with Gasteiger partial charge in [0.1, 0.15) is 17.9 Å². The van der Waals surface area contributed by atoms with Crippen molar-refractivity contribution in [2.24, 2.45) is 0 Å². The predicted molar refractivity (Wildman–Crippen MR) is 95.3 cm³/mol. The number of anilines is 1. The van der Waals surface area contributed by atoms with E-state index in [9.17, 15) is 4.79 Å². The molecule has 8 nitrogen and oxygen atoms in total. The zero-order valence-electron chi connectivity index (χ0n) is 13.9. The summed E-state index contributed by atoms with van der Waals surface area (Å²) in [6.45, 7) is 0.161. The molecule has 0 bridgehead atoms. The molecule has 8 heteroatoms. The molecule has 0 aliphatic heterocycles. The molecule has 0 spiro atoms. The third-order valence-corrected chi connectivity index (χ3v) is 4.08. The van der Waals surface area contributed by atoms with Gasteiger partial charge in [0.15, 0.2) is 0 Å². The van der Waals surface area contributed by atoms with Crippen LogP contribution in [0, 0.1) is 0 Å². The molecule has 0 fully saturated rings. The van der Waals surface area contributed by atoms with Gasteiger partial charge >= 0.3 is 0 Å². The van der Waals surface area contributed by atoms with Gasteiger partial charge in [-0.2, -0.15) is 10.2 Å². The van der Waals surface area contributed by atoms with E-state index < -0.39 is 0 Å². The third kappa shape index (κ3) is 2.57. The van der Waals surface area contributed by atoms with Crippen LogP contribution in [0.25, 0.3) is 27.5 Å². The minimum Gasteiger partial charge on any atom is -0.383 e. The van der Waals surface area contributed by atoms with Crippen LogP contribution < -0.4 is 5.73 Å². The van der Waals surface area contributed by atoms with E-state index in [2.05, 4.69) is 15.2 Å². The van der Waals surface area contributed by atoms with Gasteiger partial charge in [-0.25, -0.2) is 9.67 Å². The van der Waals surface area contributed by atoms with E-state index in [1.807, 2.05) is 30.5 Å². The number of pyridine rings is 1. The maximum absolute atomic E-state index is 11.9. The van der Waals surface area contributed by atoms with Crippen LogP contribution in [0.4, 0.5) is 5.82 Å². The Kier molecular flexibility index (Phi) is 3.38. The van der Waals surface area contributed by atoms with Crippen LogP contribution in [0.5, 0.6) is 0 Å². The number of amides is 1. The topological polar surface area (TPSA) is 94.9 Å². The van der Waals surface area contributed by atoms with Crippen molar-refractivity contribution in [2.45, 2.75) is 6.54 Å². The summed E-state index contributed by atoms with van der Waals surface area (Å²) in [4.78, 5) is 17.9. The van der Waals surface area contributed by atoms with Gasteiger partial charge < -0.3 is 10.6 Å². The van der Waals surface area contributed by atoms with Crippen molar-refractivity contribution in [1.29, 1.82) is 0 Å². The third-order valence-electron chi connectivity index (χ3n) is 4.08. The SMILES string of the molecule is CN(C)C(=O)Cn1cc2c(N)nc3cc(-n4cccn4)ccc3c2n1. The lowest BCUT2D eigenvalue weighted by atomic mass is 10.1. The number of nitrogen functional groups attached to an aromatic ring is 1. The lowest BCUT2D eigenvalue weighted by Crippen LogP contribution is -2.26. The van der Waals surface area contributed by atoms with E-state index in [0.717, 1.165) is 27.5 Å². The highest BCUT2D eigenvalue weighted by atomic mass is 16.2. The number of carbonyl (C=O) groups excluding carboxylic acids is 1. The smallest absolute Gasteiger partial charge is 0.243 e. The summed E-state index contributed by atoms with van der Waals surface area (Å²) in [5.74, 6) is 0.355. The minimum absolute atomic E-state index is 0.0374. The molecule has 1 aromatic carbocycles. The molecule has 25 heavy (non-hydrogen) atoms. The molecule has 0 radical (unpaired) electrons. The maximum atomic E-state index is 11.9. The largest absolute Gasteiger partial charge is 0.383 e. The van der Waals surface area contributed by atoms with Gasteiger partial charge in [-0.05, 0) is 24.3 Å². The van der Waals surface area contributed by atoms with Gasteiger partial charge in [0.05, 0.1) is 16.6 Å². The van der Waals surface area contributed by atoms with Gasteiger partial charge in [0.25, 0.3) is 0 Å². The Labute approximate surface area is 143 Å². The second kappa shape index (κ2) is 5.59. The van der Waals surface area contributed by atoms with Gasteiger partial charge in [0, 0.05) is 38.1 Å². The number of hydrogen-bond acceptors (Lipinski definition) is 5. The molecule has 3 aromatic heterocycles. The first kappa shape index (κ1) is 15.1. The molecule has 0 aliphatic rings. The maximum Gasteiger partial charge on any atom is 0.243 e. The van der Waals surface area contributed by atoms with E-state index in [-0.39, 0.29) is 12.5 Å². The van der Waals surface area contributed by atoms with Gasteiger partial charge in [-0.15, -0.1) is 0 Å². The number of nitrogens with zero attached hydrogens (tertiary/aromatic N) is 6. The van der Waals surface area contributed by atoms with E-state index >= 15 is 0 Å². The van der Waals surface area contributed by atoms with Crippen molar-refractivity contribution in [3.63, 3.8) is 0 Å². The van der Waals surface area contributed by atoms with E-state index in [0.29, 0.717) is 5.82 Å². The Balaban J connectivity index is 1.85. The summed E-state index contributed by atoms with van der Waals surface area (Å²) in [5.41, 5.74) is 8.48. The first-order chi connectivity index (χ1) is 12.0. The highest BCUT2D eigenvalue weighted by molar-refractivity contribution is 6.07. The number of benzene rings is 1. The molecule has 0 saturated carbocycles. The molecule has 2 N–H and O–H groups in total. The molecule has 4 aromatic rings. The molecule has 0 saturated heterocycles. The molecule has 0 unspecified atom stereocenters. The number of carbonyl (C=O) groups is 1. The predicted octanol–water partition coefficient (Wildman–Crippen LogP) is 1.44. The Morgan fingerprint density at radius 3 is 2.84 bits per heavy atom. The van der Waals surface area contributed by atoms with E-state index in [4.69, 9.17) is 5.73 Å². The standard InChI is InChI=1S/C17H17N7O/c1-22(2)15(25)10-23-9-13-16(21-23)12-5-4-11(24-7-3-6-19-24)8-14(12)20-17(13)18/h3-9H,10H2,1-2H3,(H2,18,20). The normalized spacial score (nSPS) is 11.3. The average molecular weight is 335 g/mol. The summed E-state index contributed by atoms with van der Waals surface area (Å²) >= 11 is 0. The molecule has 3 heterocycles. The van der Waals surface area contributed by atoms with Crippen LogP contribution in [0.15, 0.2) is 42.9 Å². The fourth-order valence-electron chi connectivity index (χ4n) is 2.74. The molecule has 0 atom stereocenters. The zero-order valence-corrected chi connectivity index (χ0v) is 13.9. The average Bonchev–Trinajstić information content (AvgIpc) is 3.24. The number of likely N-dealkylation sites (N-methyl/N-ethyl adjacent to an activating group) is 1. The van der Waals surface area contributed by atoms with Crippen LogP contribution in [0.2, 0.25) is 0 Å². The Bertz CT molecular complexity index is 1080.